The lowest BCUT2D eigenvalue weighted by Crippen LogP contribution is -2.23. The summed E-state index contributed by atoms with van der Waals surface area (Å²) >= 11 is 0. The van der Waals surface area contributed by atoms with Crippen LogP contribution in [0.3, 0.4) is 0 Å². The minimum absolute atomic E-state index is 0.267. The Hall–Kier alpha value is -1.24. The second-order valence-electron chi connectivity index (χ2n) is 4.66. The van der Waals surface area contributed by atoms with Gasteiger partial charge in [0.05, 0.1) is 12.9 Å². The maximum atomic E-state index is 5.47. The summed E-state index contributed by atoms with van der Waals surface area (Å²) in [6.45, 7) is 3.16. The lowest BCUT2D eigenvalue weighted by Gasteiger charge is -2.24. The molecule has 3 rings (SSSR count). The number of fused-ring (bicyclic) bond motifs is 1. The van der Waals surface area contributed by atoms with Gasteiger partial charge in [-0.05, 0) is 18.1 Å². The molecule has 2 atom stereocenters. The summed E-state index contributed by atoms with van der Waals surface area (Å²) in [5, 5.41) is 0. The molecule has 1 fully saturated rings. The molecule has 1 aliphatic carbocycles. The van der Waals surface area contributed by atoms with Gasteiger partial charge >= 0.3 is 0 Å². The Labute approximate surface area is 84.4 Å². The van der Waals surface area contributed by atoms with Crippen molar-refractivity contribution in [3.63, 3.8) is 0 Å². The molecule has 0 radical (unpaired) electrons. The van der Waals surface area contributed by atoms with Gasteiger partial charge in [-0.25, -0.2) is 0 Å². The molecular weight excluding hydrogens is 172 g/mol. The Morgan fingerprint density at radius 3 is 2.71 bits per heavy atom. The molecule has 2 aliphatic rings. The van der Waals surface area contributed by atoms with Gasteiger partial charge < -0.3 is 4.74 Å². The van der Waals surface area contributed by atoms with Crippen LogP contribution < -0.4 is 0 Å². The first-order valence-corrected chi connectivity index (χ1v) is 5.12. The normalized spacial score (nSPS) is 38.6. The van der Waals surface area contributed by atoms with Crippen LogP contribution in [0.1, 0.15) is 18.9 Å². The Morgan fingerprint density at radius 2 is 2.00 bits per heavy atom. The average molecular weight is 186 g/mol. The van der Waals surface area contributed by atoms with E-state index in [1.807, 2.05) is 6.26 Å². The molecule has 1 heteroatoms. The fraction of sp³-hybridized carbons (Fsp3) is 0.385. The largest absolute Gasteiger partial charge is 0.501 e. The molecule has 0 bridgehead atoms. The van der Waals surface area contributed by atoms with E-state index in [0.717, 1.165) is 6.61 Å². The quantitative estimate of drug-likeness (QED) is 0.655. The molecule has 1 aromatic carbocycles. The number of hydrogen-bond donors (Lipinski definition) is 0. The van der Waals surface area contributed by atoms with Crippen LogP contribution in [0.25, 0.3) is 0 Å². The number of rotatable bonds is 1. The lowest BCUT2D eigenvalue weighted by atomic mass is 9.87. The molecule has 14 heavy (non-hydrogen) atoms. The summed E-state index contributed by atoms with van der Waals surface area (Å²) in [5.41, 5.74) is 2.03. The van der Waals surface area contributed by atoms with Crippen molar-refractivity contribution in [3.05, 3.63) is 48.2 Å². The van der Waals surface area contributed by atoms with Gasteiger partial charge in [0.15, 0.2) is 0 Å². The van der Waals surface area contributed by atoms with Gasteiger partial charge in [0.2, 0.25) is 0 Å². The summed E-state index contributed by atoms with van der Waals surface area (Å²) in [6, 6.07) is 10.7. The van der Waals surface area contributed by atoms with E-state index in [-0.39, 0.29) is 5.41 Å². The molecule has 0 unspecified atom stereocenters. The van der Waals surface area contributed by atoms with Crippen LogP contribution >= 0.6 is 0 Å². The smallest absolute Gasteiger partial charge is 0.0978 e. The van der Waals surface area contributed by atoms with E-state index in [1.165, 1.54) is 12.0 Å². The fourth-order valence-corrected chi connectivity index (χ4v) is 2.68. The molecule has 1 saturated carbocycles. The van der Waals surface area contributed by atoms with E-state index in [2.05, 4.69) is 43.3 Å². The topological polar surface area (TPSA) is 9.23 Å². The predicted octanol–water partition coefficient (Wildman–Crippen LogP) is 2.88. The van der Waals surface area contributed by atoms with Gasteiger partial charge in [-0.1, -0.05) is 37.3 Å². The third kappa shape index (κ3) is 0.848. The van der Waals surface area contributed by atoms with Crippen LogP contribution in [-0.2, 0) is 10.2 Å². The maximum absolute atomic E-state index is 5.47. The van der Waals surface area contributed by atoms with Crippen LogP contribution in [0.4, 0.5) is 0 Å². The molecular formula is C13H14O. The molecule has 1 aliphatic heterocycles. The van der Waals surface area contributed by atoms with Crippen molar-refractivity contribution in [2.24, 2.45) is 5.41 Å². The van der Waals surface area contributed by atoms with Gasteiger partial charge in [0.1, 0.15) is 0 Å². The Bertz CT molecular complexity index is 377. The maximum Gasteiger partial charge on any atom is 0.0978 e. The van der Waals surface area contributed by atoms with Gasteiger partial charge in [-0.3, -0.25) is 0 Å². The minimum atomic E-state index is 0.267. The first-order valence-electron chi connectivity index (χ1n) is 5.12. The summed E-state index contributed by atoms with van der Waals surface area (Å²) in [7, 11) is 0. The first-order chi connectivity index (χ1) is 6.77. The molecule has 0 N–H and O–H groups in total. The Kier molecular flexibility index (Phi) is 1.40. The monoisotopic (exact) mass is 186 g/mol. The molecule has 0 spiro atoms. The molecule has 0 saturated heterocycles. The van der Waals surface area contributed by atoms with Gasteiger partial charge in [0, 0.05) is 10.8 Å². The van der Waals surface area contributed by atoms with E-state index >= 15 is 0 Å². The Balaban J connectivity index is 2.05. The number of hydrogen-bond acceptors (Lipinski definition) is 1. The van der Waals surface area contributed by atoms with Crippen LogP contribution in [-0.4, -0.2) is 6.61 Å². The summed E-state index contributed by atoms with van der Waals surface area (Å²) < 4.78 is 5.47. The van der Waals surface area contributed by atoms with Crippen molar-refractivity contribution >= 4 is 0 Å². The number of allylic oxidation sites excluding steroid dienone is 1. The molecule has 1 nitrogen and oxygen atoms in total. The van der Waals surface area contributed by atoms with Crippen LogP contribution in [0, 0.1) is 5.41 Å². The standard InChI is InChI=1S/C13H14O/c1-12-7-8-14-10-13(12,9-12)11-5-3-2-4-6-11/h2-8H,9-10H2,1H3/t12-,13-/m0/s1. The fourth-order valence-electron chi connectivity index (χ4n) is 2.68. The van der Waals surface area contributed by atoms with Gasteiger partial charge in [-0.15, -0.1) is 0 Å². The second kappa shape index (κ2) is 2.41. The van der Waals surface area contributed by atoms with E-state index < -0.39 is 0 Å². The zero-order chi connectivity index (χ0) is 9.65. The molecule has 1 aromatic rings. The van der Waals surface area contributed by atoms with E-state index in [1.54, 1.807) is 0 Å². The van der Waals surface area contributed by atoms with Gasteiger partial charge in [-0.2, -0.15) is 0 Å². The highest BCUT2D eigenvalue weighted by Crippen LogP contribution is 2.66. The predicted molar refractivity (Wildman–Crippen MR) is 55.9 cm³/mol. The third-order valence-electron chi connectivity index (χ3n) is 3.83. The van der Waals surface area contributed by atoms with Crippen molar-refractivity contribution in [2.75, 3.05) is 6.61 Å². The number of benzene rings is 1. The van der Waals surface area contributed by atoms with E-state index in [0.29, 0.717) is 5.41 Å². The van der Waals surface area contributed by atoms with E-state index in [9.17, 15) is 0 Å². The molecule has 0 amide bonds. The lowest BCUT2D eigenvalue weighted by molar-refractivity contribution is 0.183. The highest BCUT2D eigenvalue weighted by molar-refractivity contribution is 5.42. The van der Waals surface area contributed by atoms with Crippen molar-refractivity contribution in [1.29, 1.82) is 0 Å². The molecule has 0 aromatic heterocycles. The van der Waals surface area contributed by atoms with Gasteiger partial charge in [0.25, 0.3) is 0 Å². The zero-order valence-electron chi connectivity index (χ0n) is 8.36. The SMILES string of the molecule is C[C@@]12C=COC[C@]1(c1ccccc1)C2. The highest BCUT2D eigenvalue weighted by Gasteiger charge is 2.65. The van der Waals surface area contributed by atoms with Crippen molar-refractivity contribution in [1.82, 2.24) is 0 Å². The minimum Gasteiger partial charge on any atom is -0.501 e. The third-order valence-corrected chi connectivity index (χ3v) is 3.83. The molecule has 72 valence electrons. The average Bonchev–Trinajstić information content (AvgIpc) is 2.87. The first kappa shape index (κ1) is 8.10. The highest BCUT2D eigenvalue weighted by atomic mass is 16.5. The van der Waals surface area contributed by atoms with Crippen molar-refractivity contribution in [3.8, 4) is 0 Å². The van der Waals surface area contributed by atoms with Crippen LogP contribution in [0.15, 0.2) is 42.7 Å². The van der Waals surface area contributed by atoms with Crippen LogP contribution in [0.2, 0.25) is 0 Å². The zero-order valence-corrected chi connectivity index (χ0v) is 8.36. The van der Waals surface area contributed by atoms with Crippen molar-refractivity contribution < 1.29 is 4.74 Å². The summed E-state index contributed by atoms with van der Waals surface area (Å²) in [4.78, 5) is 0. The van der Waals surface area contributed by atoms with Crippen molar-refractivity contribution in [2.45, 2.75) is 18.8 Å². The summed E-state index contributed by atoms with van der Waals surface area (Å²) in [5.74, 6) is 0. The number of ether oxygens (including phenoxy) is 1. The second-order valence-corrected chi connectivity index (χ2v) is 4.66. The summed E-state index contributed by atoms with van der Waals surface area (Å²) in [6.07, 6.45) is 5.29. The van der Waals surface area contributed by atoms with Crippen LogP contribution in [0.5, 0.6) is 0 Å². The van der Waals surface area contributed by atoms with E-state index in [4.69, 9.17) is 4.74 Å². The molecule has 1 heterocycles. The Morgan fingerprint density at radius 1 is 1.21 bits per heavy atom.